The second-order valence-corrected chi connectivity index (χ2v) is 5.09. The second-order valence-electron chi connectivity index (χ2n) is 5.09. The van der Waals surface area contributed by atoms with Crippen LogP contribution in [0.25, 0.3) is 0 Å². The molecule has 0 aliphatic carbocycles. The number of para-hydroxylation sites is 2. The molecule has 0 heterocycles. The van der Waals surface area contributed by atoms with Crippen LogP contribution in [0.2, 0.25) is 0 Å². The SMILES string of the molecule is CCN(C(=O)Oc1ccccc1)c1ccccc1C(=O)NCC(N)=O. The Bertz CT molecular complexity index is 762. The number of hydrogen-bond acceptors (Lipinski definition) is 4. The summed E-state index contributed by atoms with van der Waals surface area (Å²) < 4.78 is 5.34. The first-order valence-corrected chi connectivity index (χ1v) is 7.72. The fourth-order valence-electron chi connectivity index (χ4n) is 2.21. The average Bonchev–Trinajstić information content (AvgIpc) is 2.61. The minimum absolute atomic E-state index is 0.246. The van der Waals surface area contributed by atoms with E-state index in [9.17, 15) is 14.4 Å². The highest BCUT2D eigenvalue weighted by Crippen LogP contribution is 2.22. The fraction of sp³-hybridized carbons (Fsp3) is 0.167. The van der Waals surface area contributed by atoms with Gasteiger partial charge in [0.05, 0.1) is 17.8 Å². The molecule has 0 saturated heterocycles. The zero-order valence-corrected chi connectivity index (χ0v) is 13.8. The Morgan fingerprint density at radius 3 is 2.32 bits per heavy atom. The Labute approximate surface area is 145 Å². The van der Waals surface area contributed by atoms with Crippen molar-refractivity contribution in [1.82, 2.24) is 5.32 Å². The van der Waals surface area contributed by atoms with Crippen LogP contribution in [0.4, 0.5) is 10.5 Å². The molecule has 7 nitrogen and oxygen atoms in total. The predicted molar refractivity (Wildman–Crippen MR) is 93.5 cm³/mol. The Hall–Kier alpha value is -3.35. The number of nitrogens with one attached hydrogen (secondary N) is 1. The van der Waals surface area contributed by atoms with Crippen molar-refractivity contribution in [1.29, 1.82) is 0 Å². The van der Waals surface area contributed by atoms with Crippen LogP contribution in [-0.2, 0) is 4.79 Å². The maximum atomic E-state index is 12.5. The minimum atomic E-state index is -0.651. The third-order valence-electron chi connectivity index (χ3n) is 3.35. The number of anilines is 1. The van der Waals surface area contributed by atoms with Crippen LogP contribution in [0, 0.1) is 0 Å². The van der Waals surface area contributed by atoms with Crippen LogP contribution in [-0.4, -0.2) is 31.0 Å². The van der Waals surface area contributed by atoms with E-state index in [4.69, 9.17) is 10.5 Å². The number of hydrogen-bond donors (Lipinski definition) is 2. The number of nitrogens with two attached hydrogens (primary N) is 1. The number of benzene rings is 2. The summed E-state index contributed by atoms with van der Waals surface area (Å²) in [5, 5.41) is 2.41. The predicted octanol–water partition coefficient (Wildman–Crippen LogP) is 1.93. The standard InChI is InChI=1S/C18H19N3O4/c1-2-21(18(24)25-13-8-4-3-5-9-13)15-11-7-6-10-14(15)17(23)20-12-16(19)22/h3-11H,2,12H2,1H3,(H2,19,22)(H,20,23). The van der Waals surface area contributed by atoms with Gasteiger partial charge in [0.25, 0.3) is 5.91 Å². The van der Waals surface area contributed by atoms with Crippen molar-refractivity contribution in [2.75, 3.05) is 18.0 Å². The van der Waals surface area contributed by atoms with E-state index in [1.165, 1.54) is 4.90 Å². The van der Waals surface area contributed by atoms with Crippen LogP contribution >= 0.6 is 0 Å². The minimum Gasteiger partial charge on any atom is -0.410 e. The van der Waals surface area contributed by atoms with Gasteiger partial charge in [0.15, 0.2) is 0 Å². The van der Waals surface area contributed by atoms with Crippen LogP contribution < -0.4 is 20.7 Å². The highest BCUT2D eigenvalue weighted by atomic mass is 16.6. The van der Waals surface area contributed by atoms with E-state index in [0.29, 0.717) is 18.0 Å². The maximum absolute atomic E-state index is 12.5. The van der Waals surface area contributed by atoms with Gasteiger partial charge in [0, 0.05) is 6.54 Å². The zero-order valence-electron chi connectivity index (χ0n) is 13.8. The summed E-state index contributed by atoms with van der Waals surface area (Å²) in [5.41, 5.74) is 5.67. The van der Waals surface area contributed by atoms with Gasteiger partial charge >= 0.3 is 6.09 Å². The van der Waals surface area contributed by atoms with Gasteiger partial charge in [-0.1, -0.05) is 30.3 Å². The summed E-state index contributed by atoms with van der Waals surface area (Å²) in [6.07, 6.45) is -0.608. The number of amides is 3. The Kier molecular flexibility index (Phi) is 6.11. The molecule has 0 bridgehead atoms. The van der Waals surface area contributed by atoms with Crippen molar-refractivity contribution >= 4 is 23.6 Å². The molecule has 7 heteroatoms. The van der Waals surface area contributed by atoms with Crippen molar-refractivity contribution in [3.8, 4) is 5.75 Å². The molecule has 0 saturated carbocycles. The van der Waals surface area contributed by atoms with Crippen molar-refractivity contribution < 1.29 is 19.1 Å². The van der Waals surface area contributed by atoms with Gasteiger partial charge in [-0.05, 0) is 31.2 Å². The van der Waals surface area contributed by atoms with Gasteiger partial charge in [-0.2, -0.15) is 0 Å². The van der Waals surface area contributed by atoms with Gasteiger partial charge in [-0.3, -0.25) is 14.5 Å². The van der Waals surface area contributed by atoms with Gasteiger partial charge in [0.1, 0.15) is 5.75 Å². The number of rotatable bonds is 6. The molecular formula is C18H19N3O4. The van der Waals surface area contributed by atoms with Crippen molar-refractivity contribution in [3.05, 3.63) is 60.2 Å². The molecule has 0 aliphatic heterocycles. The van der Waals surface area contributed by atoms with Gasteiger partial charge in [-0.15, -0.1) is 0 Å². The third kappa shape index (κ3) is 4.81. The Morgan fingerprint density at radius 1 is 1.04 bits per heavy atom. The lowest BCUT2D eigenvalue weighted by Gasteiger charge is -2.22. The molecule has 0 fully saturated rings. The lowest BCUT2D eigenvalue weighted by atomic mass is 10.1. The van der Waals surface area contributed by atoms with Crippen molar-refractivity contribution in [2.45, 2.75) is 6.92 Å². The van der Waals surface area contributed by atoms with Crippen LogP contribution in [0.15, 0.2) is 54.6 Å². The molecule has 0 aromatic heterocycles. The largest absolute Gasteiger partial charge is 0.419 e. The van der Waals surface area contributed by atoms with E-state index >= 15 is 0 Å². The average molecular weight is 341 g/mol. The molecule has 3 amide bonds. The summed E-state index contributed by atoms with van der Waals surface area (Å²) >= 11 is 0. The van der Waals surface area contributed by atoms with Crippen LogP contribution in [0.3, 0.4) is 0 Å². The first kappa shape index (κ1) is 18.0. The Morgan fingerprint density at radius 2 is 1.68 bits per heavy atom. The zero-order chi connectivity index (χ0) is 18.2. The van der Waals surface area contributed by atoms with E-state index < -0.39 is 17.9 Å². The molecule has 130 valence electrons. The van der Waals surface area contributed by atoms with Gasteiger partial charge < -0.3 is 15.8 Å². The summed E-state index contributed by atoms with van der Waals surface area (Å²) in [4.78, 5) is 36.9. The van der Waals surface area contributed by atoms with E-state index in [2.05, 4.69) is 5.32 Å². The van der Waals surface area contributed by atoms with E-state index in [-0.39, 0.29) is 12.1 Å². The molecule has 2 aromatic rings. The van der Waals surface area contributed by atoms with E-state index in [0.717, 1.165) is 0 Å². The molecule has 3 N–H and O–H groups in total. The van der Waals surface area contributed by atoms with E-state index in [1.807, 2.05) is 6.07 Å². The smallest absolute Gasteiger partial charge is 0.410 e. The number of carbonyl (C=O) groups excluding carboxylic acids is 3. The number of ether oxygens (including phenoxy) is 1. The third-order valence-corrected chi connectivity index (χ3v) is 3.35. The molecule has 2 aromatic carbocycles. The first-order valence-electron chi connectivity index (χ1n) is 7.72. The number of carbonyl (C=O) groups is 3. The highest BCUT2D eigenvalue weighted by Gasteiger charge is 2.22. The first-order chi connectivity index (χ1) is 12.0. The summed E-state index contributed by atoms with van der Waals surface area (Å²) in [6.45, 7) is 1.78. The fourth-order valence-corrected chi connectivity index (χ4v) is 2.21. The normalized spacial score (nSPS) is 9.96. The van der Waals surface area contributed by atoms with E-state index in [1.54, 1.807) is 55.5 Å². The molecule has 25 heavy (non-hydrogen) atoms. The van der Waals surface area contributed by atoms with Crippen LogP contribution in [0.1, 0.15) is 17.3 Å². The molecule has 0 spiro atoms. The summed E-state index contributed by atoms with van der Waals surface area (Å²) in [7, 11) is 0. The van der Waals surface area contributed by atoms with Gasteiger partial charge in [-0.25, -0.2) is 4.79 Å². The lowest BCUT2D eigenvalue weighted by molar-refractivity contribution is -0.117. The quantitative estimate of drug-likeness (QED) is 0.838. The molecule has 0 aliphatic rings. The molecular weight excluding hydrogens is 322 g/mol. The molecule has 2 rings (SSSR count). The molecule has 0 unspecified atom stereocenters. The number of nitrogens with zero attached hydrogens (tertiary/aromatic N) is 1. The lowest BCUT2D eigenvalue weighted by Crippen LogP contribution is -2.37. The topological polar surface area (TPSA) is 102 Å². The van der Waals surface area contributed by atoms with Crippen molar-refractivity contribution in [3.63, 3.8) is 0 Å². The van der Waals surface area contributed by atoms with Gasteiger partial charge in [0.2, 0.25) is 5.91 Å². The molecule has 0 atom stereocenters. The molecule has 0 radical (unpaired) electrons. The summed E-state index contributed by atoms with van der Waals surface area (Å²) in [6, 6.07) is 15.2. The Balaban J connectivity index is 2.23. The summed E-state index contributed by atoms with van der Waals surface area (Å²) in [5.74, 6) is -0.747. The second kappa shape index (κ2) is 8.49. The maximum Gasteiger partial charge on any atom is 0.419 e. The highest BCUT2D eigenvalue weighted by molar-refractivity contribution is 6.04. The van der Waals surface area contributed by atoms with Crippen molar-refractivity contribution in [2.24, 2.45) is 5.73 Å². The van der Waals surface area contributed by atoms with Crippen LogP contribution in [0.5, 0.6) is 5.75 Å². The number of primary amides is 1. The monoisotopic (exact) mass is 341 g/mol.